The number of fused-ring (bicyclic) bond motifs is 8. The van der Waals surface area contributed by atoms with Crippen molar-refractivity contribution >= 4 is 75.4 Å². The van der Waals surface area contributed by atoms with Gasteiger partial charge in [-0.3, -0.25) is 28.8 Å². The maximum atomic E-state index is 15.6. The number of Topliss-reactive ketones (excluding diaryl/α,β-unsaturated/α-hetero) is 2. The van der Waals surface area contributed by atoms with Gasteiger partial charge in [0.15, 0.2) is 0 Å². The van der Waals surface area contributed by atoms with Crippen LogP contribution in [-0.4, -0.2) is 196 Å². The lowest BCUT2D eigenvalue weighted by atomic mass is 9.79. The van der Waals surface area contributed by atoms with Crippen molar-refractivity contribution in [2.45, 2.75) is 212 Å². The molecule has 6 aliphatic rings. The topological polar surface area (TPSA) is 309 Å². The van der Waals surface area contributed by atoms with Gasteiger partial charge in [0, 0.05) is 119 Å². The van der Waals surface area contributed by atoms with E-state index in [9.17, 15) is 54.0 Å². The number of hydrogen-bond acceptors (Lipinski definition) is 19. The standard InChI is InChI=1S/C76H106ClFN8O15/c1-9-65(93)84-31-33-85(34-32-84)72-53-42-54(77)66-52(26-35-99-61-21-17-19-55(78)67(61)66)68(53)82-75(83-72)81-29-25-64(92)80-28-14-11-10-13-27-79-63(91)22-16-18-51-38-45(3)36-44(2)37-46(4)70-60(90)40-48(6)76(97,101-70)71(94)73(95)86-30-15-12-20-56(86)74(96)100-69(49(7)58(88)43-59(51)89)47(5)39-50-23-24-57(87)62(41-50)98-8/h9,17,19,21,38-39,42,44,46,48-51,56-58,60,62,69-70,87-88,90,97H,1,10-16,18,20,22-37,40-41,43H2,2-8H3,(H,79,91)(H,80,92)(H,81,82,83)/b45-38+,47-39+/t44-,46-,48+,49+,50-,51+,56-,57+,58-,60-,62+,69+,70+,76+/m0/s1. The summed E-state index contributed by atoms with van der Waals surface area (Å²) in [7, 11) is 1.54. The second-order valence-electron chi connectivity index (χ2n) is 29.1. The van der Waals surface area contributed by atoms with Crippen molar-refractivity contribution in [2.24, 2.45) is 35.5 Å². The maximum Gasteiger partial charge on any atom is 0.329 e. The van der Waals surface area contributed by atoms with Crippen LogP contribution < -0.4 is 25.6 Å². The molecule has 0 unspecified atom stereocenters. The van der Waals surface area contributed by atoms with Crippen molar-refractivity contribution in [3.8, 4) is 16.9 Å². The number of piperidine rings is 1. The lowest BCUT2D eigenvalue weighted by Crippen LogP contribution is -2.63. The van der Waals surface area contributed by atoms with Crippen LogP contribution in [0.25, 0.3) is 22.0 Å². The number of carbonyl (C=O) groups excluding carboxylic acids is 7. The van der Waals surface area contributed by atoms with Crippen LogP contribution in [0, 0.1) is 41.3 Å². The van der Waals surface area contributed by atoms with Gasteiger partial charge in [-0.2, -0.15) is 4.98 Å². The van der Waals surface area contributed by atoms with Gasteiger partial charge in [0.1, 0.15) is 35.3 Å². The summed E-state index contributed by atoms with van der Waals surface area (Å²) >= 11 is 7.01. The lowest BCUT2D eigenvalue weighted by molar-refractivity contribution is -0.292. The number of aliphatic hydroxyl groups excluding tert-OH is 3. The van der Waals surface area contributed by atoms with Crippen molar-refractivity contribution in [3.05, 3.63) is 76.6 Å². The summed E-state index contributed by atoms with van der Waals surface area (Å²) in [6.07, 6.45) is 7.52. The largest absolute Gasteiger partial charge is 0.492 e. The number of hydrogen-bond donors (Lipinski definition) is 7. The van der Waals surface area contributed by atoms with E-state index in [2.05, 4.69) is 27.4 Å². The van der Waals surface area contributed by atoms with Crippen LogP contribution in [0.5, 0.6) is 5.75 Å². The SMILES string of the molecule is C=CC(=O)N1CCN(c2nc(NCCC(=O)NCCCCCCNC(=O)CCC[C@@H]3/C=C(\C)C[C@H](C)C[C@H](C)[C@H]4O[C@@](O)(C(=O)C(=O)N5CCCC[C@H]5C(=O)O[C@H](/C(C)=C/[C@@H]5CC[C@@H](O)[C@H](OC)C5)[C@H](C)[C@@H](O)CC3=O)[C@H](C)C[C@@H]4O)nc3c4c(c(Cl)cc23)-c2c(F)cccc2OCC4)CC1. The second kappa shape index (κ2) is 36.0. The minimum atomic E-state index is -2.58. The van der Waals surface area contributed by atoms with Crippen molar-refractivity contribution in [1.29, 1.82) is 0 Å². The summed E-state index contributed by atoms with van der Waals surface area (Å²) in [5.41, 5.74) is 3.55. The van der Waals surface area contributed by atoms with E-state index in [1.165, 1.54) is 12.1 Å². The first-order valence-electron chi connectivity index (χ1n) is 36.6. The Morgan fingerprint density at radius 3 is 2.29 bits per heavy atom. The van der Waals surface area contributed by atoms with Gasteiger partial charge in [0.2, 0.25) is 29.5 Å². The van der Waals surface area contributed by atoms with Gasteiger partial charge >= 0.3 is 5.97 Å². The predicted octanol–water partition coefficient (Wildman–Crippen LogP) is 8.67. The average molecular weight is 1430 g/mol. The van der Waals surface area contributed by atoms with Gasteiger partial charge in [0.05, 0.1) is 48.2 Å². The molecule has 9 rings (SSSR count). The minimum absolute atomic E-state index is 0.0203. The zero-order chi connectivity index (χ0) is 72.8. The number of allylic oxidation sites excluding steroid dienone is 3. The highest BCUT2D eigenvalue weighted by molar-refractivity contribution is 6.39. The Kier molecular flexibility index (Phi) is 27.9. The number of aromatic nitrogens is 2. The van der Waals surface area contributed by atoms with Crippen molar-refractivity contribution in [1.82, 2.24) is 30.4 Å². The zero-order valence-corrected chi connectivity index (χ0v) is 60.6. The first-order valence-corrected chi connectivity index (χ1v) is 37.0. The van der Waals surface area contributed by atoms with Crippen LogP contribution >= 0.6 is 11.6 Å². The number of aliphatic hydroxyl groups is 4. The van der Waals surface area contributed by atoms with Gasteiger partial charge in [-0.1, -0.05) is 82.5 Å². The number of anilines is 2. The van der Waals surface area contributed by atoms with Crippen LogP contribution in [0.15, 0.2) is 60.2 Å². The highest BCUT2D eigenvalue weighted by Gasteiger charge is 2.56. The fourth-order valence-corrected chi connectivity index (χ4v) is 16.1. The van der Waals surface area contributed by atoms with Gasteiger partial charge < -0.3 is 70.0 Å². The number of rotatable bonds is 20. The number of cyclic esters (lactones) is 1. The molecule has 4 amide bonds. The van der Waals surface area contributed by atoms with Crippen LogP contribution in [0.3, 0.4) is 0 Å². The van der Waals surface area contributed by atoms with Crippen LogP contribution in [0.1, 0.15) is 163 Å². The quantitative estimate of drug-likeness (QED) is 0.0183. The number of carbonyl (C=O) groups is 7. The van der Waals surface area contributed by atoms with E-state index in [-0.39, 0.29) is 98.7 Å². The van der Waals surface area contributed by atoms with Gasteiger partial charge in [-0.15, -0.1) is 0 Å². The van der Waals surface area contributed by atoms with Crippen molar-refractivity contribution in [3.63, 3.8) is 0 Å². The molecule has 7 N–H and O–H groups in total. The summed E-state index contributed by atoms with van der Waals surface area (Å²) < 4.78 is 39.7. The first-order chi connectivity index (χ1) is 48.3. The monoisotopic (exact) mass is 1420 g/mol. The first kappa shape index (κ1) is 78.2. The summed E-state index contributed by atoms with van der Waals surface area (Å²) in [5, 5.41) is 56.5. The molecule has 1 aliphatic carbocycles. The molecule has 4 fully saturated rings. The average Bonchev–Trinajstić information content (AvgIpc) is 1.73. The third-order valence-electron chi connectivity index (χ3n) is 21.4. The number of unbranched alkanes of at least 4 members (excludes halogenated alkanes) is 3. The molecule has 101 heavy (non-hydrogen) atoms. The molecule has 0 spiro atoms. The van der Waals surface area contributed by atoms with Crippen LogP contribution in [-0.2, 0) is 54.2 Å². The summed E-state index contributed by atoms with van der Waals surface area (Å²) in [5.74, 6) is -8.66. The van der Waals surface area contributed by atoms with E-state index in [0.717, 1.165) is 29.7 Å². The molecule has 1 aromatic heterocycles. The summed E-state index contributed by atoms with van der Waals surface area (Å²) in [6.45, 7) is 17.8. The molecule has 25 heteroatoms. The van der Waals surface area contributed by atoms with Crippen molar-refractivity contribution < 1.29 is 77.3 Å². The number of methoxy groups -OCH3 is 1. The number of ketones is 2. The molecule has 3 aromatic rings. The maximum absolute atomic E-state index is 15.6. The summed E-state index contributed by atoms with van der Waals surface area (Å²) in [4.78, 5) is 112. The minimum Gasteiger partial charge on any atom is -0.492 e. The van der Waals surface area contributed by atoms with E-state index in [1.807, 2.05) is 32.9 Å². The predicted molar refractivity (Wildman–Crippen MR) is 381 cm³/mol. The molecule has 23 nitrogen and oxygen atoms in total. The number of amides is 4. The van der Waals surface area contributed by atoms with Crippen molar-refractivity contribution in [2.75, 3.05) is 76.3 Å². The van der Waals surface area contributed by atoms with E-state index in [0.29, 0.717) is 154 Å². The van der Waals surface area contributed by atoms with Gasteiger partial charge in [-0.25, -0.2) is 14.2 Å². The Balaban J connectivity index is 0.785. The van der Waals surface area contributed by atoms with E-state index >= 15 is 4.39 Å². The molecule has 5 aliphatic heterocycles. The molecule has 3 saturated heterocycles. The van der Waals surface area contributed by atoms with Gasteiger partial charge in [0.25, 0.3) is 11.7 Å². The third-order valence-corrected chi connectivity index (χ3v) is 21.7. The molecule has 0 radical (unpaired) electrons. The number of esters is 1. The normalized spacial score (nSPS) is 29.5. The highest BCUT2D eigenvalue weighted by Crippen LogP contribution is 2.46. The zero-order valence-electron chi connectivity index (χ0n) is 59.8. The number of nitrogens with one attached hydrogen (secondary N) is 3. The number of piperazine rings is 1. The molecular formula is C76H106ClFN8O15. The van der Waals surface area contributed by atoms with Crippen LogP contribution in [0.4, 0.5) is 16.2 Å². The number of benzene rings is 2. The molecule has 554 valence electrons. The van der Waals surface area contributed by atoms with E-state index < -0.39 is 95.6 Å². The Bertz CT molecular complexity index is 3530. The molecule has 2 aromatic carbocycles. The Labute approximate surface area is 597 Å². The lowest BCUT2D eigenvalue weighted by Gasteiger charge is -2.46. The number of ether oxygens (including phenoxy) is 4. The van der Waals surface area contributed by atoms with E-state index in [4.69, 9.17) is 40.5 Å². The summed E-state index contributed by atoms with van der Waals surface area (Å²) in [6, 6.07) is 5.23. The Morgan fingerprint density at radius 1 is 0.851 bits per heavy atom. The fourth-order valence-electron chi connectivity index (χ4n) is 15.8. The molecule has 6 heterocycles. The van der Waals surface area contributed by atoms with Crippen LogP contribution in [0.2, 0.25) is 5.02 Å². The molecule has 1 saturated carbocycles. The fraction of sp³-hybridized carbons (Fsp3) is 0.645. The second-order valence-corrected chi connectivity index (χ2v) is 29.5. The highest BCUT2D eigenvalue weighted by atomic mass is 35.5. The number of halogens is 2. The smallest absolute Gasteiger partial charge is 0.329 e. The molecular weight excluding hydrogens is 1320 g/mol. The Hall–Kier alpha value is -6.93. The third kappa shape index (κ3) is 19.5. The Morgan fingerprint density at radius 2 is 1.57 bits per heavy atom. The van der Waals surface area contributed by atoms with E-state index in [1.54, 1.807) is 51.0 Å². The molecule has 2 bridgehead atoms. The molecule has 14 atom stereocenters. The number of nitrogens with zero attached hydrogens (tertiary/aromatic N) is 5. The van der Waals surface area contributed by atoms with Gasteiger partial charge in [-0.05, 0) is 150 Å².